The molecule has 2 nitrogen and oxygen atoms in total. The lowest BCUT2D eigenvalue weighted by atomic mass is 10.1. The van der Waals surface area contributed by atoms with E-state index in [-0.39, 0.29) is 0 Å². The molecule has 0 aromatic heterocycles. The number of methoxy groups -OCH3 is 1. The maximum absolute atomic E-state index is 5.17. The molecular formula is C18H23NO. The van der Waals surface area contributed by atoms with Crippen LogP contribution in [0.4, 0.5) is 5.69 Å². The SMILES string of the molecule is COCc1cccc(NC(C)CCc2ccccc2)c1. The fourth-order valence-electron chi connectivity index (χ4n) is 2.30. The van der Waals surface area contributed by atoms with Crippen LogP contribution in [0.2, 0.25) is 0 Å². The molecule has 2 rings (SSSR count). The van der Waals surface area contributed by atoms with Gasteiger partial charge in [-0.2, -0.15) is 0 Å². The minimum Gasteiger partial charge on any atom is -0.383 e. The Bertz CT molecular complexity index is 510. The number of nitrogens with one attached hydrogen (secondary N) is 1. The summed E-state index contributed by atoms with van der Waals surface area (Å²) in [5, 5.41) is 3.56. The fraction of sp³-hybridized carbons (Fsp3) is 0.333. The maximum Gasteiger partial charge on any atom is 0.0713 e. The summed E-state index contributed by atoms with van der Waals surface area (Å²) in [5.41, 5.74) is 3.77. The second-order valence-corrected chi connectivity index (χ2v) is 5.20. The average Bonchev–Trinajstić information content (AvgIpc) is 2.47. The highest BCUT2D eigenvalue weighted by molar-refractivity contribution is 5.46. The molecule has 0 spiro atoms. The highest BCUT2D eigenvalue weighted by atomic mass is 16.5. The summed E-state index contributed by atoms with van der Waals surface area (Å²) >= 11 is 0. The minimum absolute atomic E-state index is 0.452. The van der Waals surface area contributed by atoms with Crippen molar-refractivity contribution >= 4 is 5.69 Å². The van der Waals surface area contributed by atoms with Gasteiger partial charge in [-0.3, -0.25) is 0 Å². The summed E-state index contributed by atoms with van der Waals surface area (Å²) in [6.45, 7) is 2.89. The van der Waals surface area contributed by atoms with Crippen LogP contribution < -0.4 is 5.32 Å². The molecule has 2 aromatic rings. The molecule has 20 heavy (non-hydrogen) atoms. The second-order valence-electron chi connectivity index (χ2n) is 5.20. The van der Waals surface area contributed by atoms with Gasteiger partial charge in [0.15, 0.2) is 0 Å². The van der Waals surface area contributed by atoms with Crippen LogP contribution in [-0.2, 0) is 17.8 Å². The number of ether oxygens (including phenoxy) is 1. The van der Waals surface area contributed by atoms with Crippen molar-refractivity contribution in [3.8, 4) is 0 Å². The predicted octanol–water partition coefficient (Wildman–Crippen LogP) is 4.27. The summed E-state index contributed by atoms with van der Waals surface area (Å²) in [5.74, 6) is 0. The third-order valence-corrected chi connectivity index (χ3v) is 3.36. The Hall–Kier alpha value is -1.80. The minimum atomic E-state index is 0.452. The molecule has 1 unspecified atom stereocenters. The van der Waals surface area contributed by atoms with Crippen molar-refractivity contribution in [1.82, 2.24) is 0 Å². The lowest BCUT2D eigenvalue weighted by Crippen LogP contribution is -2.16. The first-order valence-electron chi connectivity index (χ1n) is 7.16. The number of hydrogen-bond acceptors (Lipinski definition) is 2. The van der Waals surface area contributed by atoms with E-state index >= 15 is 0 Å². The first-order valence-corrected chi connectivity index (χ1v) is 7.16. The van der Waals surface area contributed by atoms with E-state index in [4.69, 9.17) is 4.74 Å². The first kappa shape index (κ1) is 14.6. The lowest BCUT2D eigenvalue weighted by molar-refractivity contribution is 0.185. The molecule has 106 valence electrons. The van der Waals surface area contributed by atoms with Crippen LogP contribution in [0.15, 0.2) is 54.6 Å². The molecule has 0 fully saturated rings. The van der Waals surface area contributed by atoms with Gasteiger partial charge in [-0.15, -0.1) is 0 Å². The fourth-order valence-corrected chi connectivity index (χ4v) is 2.30. The first-order chi connectivity index (χ1) is 9.78. The van der Waals surface area contributed by atoms with Crippen LogP contribution in [0, 0.1) is 0 Å². The van der Waals surface area contributed by atoms with Crippen LogP contribution in [0.25, 0.3) is 0 Å². The summed E-state index contributed by atoms with van der Waals surface area (Å²) in [6.07, 6.45) is 2.23. The topological polar surface area (TPSA) is 21.3 Å². The van der Waals surface area contributed by atoms with Crippen LogP contribution in [-0.4, -0.2) is 13.2 Å². The third kappa shape index (κ3) is 4.71. The van der Waals surface area contributed by atoms with Gasteiger partial charge in [0.2, 0.25) is 0 Å². The number of hydrogen-bond donors (Lipinski definition) is 1. The molecule has 1 N–H and O–H groups in total. The van der Waals surface area contributed by atoms with Gasteiger partial charge in [-0.05, 0) is 43.0 Å². The van der Waals surface area contributed by atoms with Crippen molar-refractivity contribution in [2.75, 3.05) is 12.4 Å². The van der Waals surface area contributed by atoms with Crippen molar-refractivity contribution in [2.24, 2.45) is 0 Å². The van der Waals surface area contributed by atoms with Crippen LogP contribution in [0.5, 0.6) is 0 Å². The molecular weight excluding hydrogens is 246 g/mol. The summed E-state index contributed by atoms with van der Waals surface area (Å²) in [6, 6.07) is 19.5. The van der Waals surface area contributed by atoms with Gasteiger partial charge in [0.25, 0.3) is 0 Å². The van der Waals surface area contributed by atoms with E-state index in [1.165, 1.54) is 16.8 Å². The van der Waals surface area contributed by atoms with Crippen LogP contribution >= 0.6 is 0 Å². The number of benzene rings is 2. The number of rotatable bonds is 7. The molecule has 0 saturated heterocycles. The molecule has 0 aliphatic rings. The Morgan fingerprint density at radius 2 is 1.75 bits per heavy atom. The Labute approximate surface area is 121 Å². The van der Waals surface area contributed by atoms with Crippen molar-refractivity contribution in [2.45, 2.75) is 32.4 Å². The van der Waals surface area contributed by atoms with Crippen molar-refractivity contribution < 1.29 is 4.74 Å². The van der Waals surface area contributed by atoms with Crippen LogP contribution in [0.1, 0.15) is 24.5 Å². The summed E-state index contributed by atoms with van der Waals surface area (Å²) in [4.78, 5) is 0. The molecule has 0 aliphatic carbocycles. The van der Waals surface area contributed by atoms with Crippen LogP contribution in [0.3, 0.4) is 0 Å². The average molecular weight is 269 g/mol. The number of anilines is 1. The zero-order valence-electron chi connectivity index (χ0n) is 12.3. The van der Waals surface area contributed by atoms with Gasteiger partial charge in [-0.25, -0.2) is 0 Å². The highest BCUT2D eigenvalue weighted by Gasteiger charge is 2.03. The molecule has 2 aromatic carbocycles. The highest BCUT2D eigenvalue weighted by Crippen LogP contribution is 2.14. The molecule has 0 radical (unpaired) electrons. The number of aryl methyl sites for hydroxylation is 1. The zero-order valence-corrected chi connectivity index (χ0v) is 12.3. The van der Waals surface area contributed by atoms with Gasteiger partial charge in [0.1, 0.15) is 0 Å². The Balaban J connectivity index is 1.84. The Kier molecular flexibility index (Phi) is 5.63. The molecule has 1 atom stereocenters. The Morgan fingerprint density at radius 3 is 2.50 bits per heavy atom. The summed E-state index contributed by atoms with van der Waals surface area (Å²) in [7, 11) is 1.72. The monoisotopic (exact) mass is 269 g/mol. The standard InChI is InChI=1S/C18H23NO/c1-15(11-12-16-7-4-3-5-8-16)19-18-10-6-9-17(13-18)14-20-2/h3-10,13,15,19H,11-12,14H2,1-2H3. The molecule has 0 aliphatic heterocycles. The van der Waals surface area contributed by atoms with Gasteiger partial charge < -0.3 is 10.1 Å². The smallest absolute Gasteiger partial charge is 0.0713 e. The van der Waals surface area contributed by atoms with Crippen molar-refractivity contribution in [3.05, 3.63) is 65.7 Å². The van der Waals surface area contributed by atoms with E-state index in [0.29, 0.717) is 12.6 Å². The van der Waals surface area contributed by atoms with E-state index in [2.05, 4.69) is 66.8 Å². The Morgan fingerprint density at radius 1 is 1.00 bits per heavy atom. The normalized spacial score (nSPS) is 12.1. The third-order valence-electron chi connectivity index (χ3n) is 3.36. The zero-order chi connectivity index (χ0) is 14.2. The quantitative estimate of drug-likeness (QED) is 0.810. The van der Waals surface area contributed by atoms with E-state index in [1.54, 1.807) is 7.11 Å². The van der Waals surface area contributed by atoms with E-state index in [0.717, 1.165) is 12.8 Å². The molecule has 0 bridgehead atoms. The molecule has 0 saturated carbocycles. The van der Waals surface area contributed by atoms with Gasteiger partial charge >= 0.3 is 0 Å². The molecule has 0 amide bonds. The molecule has 0 heterocycles. The van der Waals surface area contributed by atoms with Crippen molar-refractivity contribution in [1.29, 1.82) is 0 Å². The predicted molar refractivity (Wildman–Crippen MR) is 85.0 cm³/mol. The van der Waals surface area contributed by atoms with Gasteiger partial charge in [-0.1, -0.05) is 42.5 Å². The second kappa shape index (κ2) is 7.71. The van der Waals surface area contributed by atoms with Gasteiger partial charge in [0.05, 0.1) is 6.61 Å². The largest absolute Gasteiger partial charge is 0.383 e. The van der Waals surface area contributed by atoms with Crippen molar-refractivity contribution in [3.63, 3.8) is 0 Å². The van der Waals surface area contributed by atoms with E-state index < -0.39 is 0 Å². The summed E-state index contributed by atoms with van der Waals surface area (Å²) < 4.78 is 5.17. The maximum atomic E-state index is 5.17. The van der Waals surface area contributed by atoms with Gasteiger partial charge in [0, 0.05) is 18.8 Å². The van der Waals surface area contributed by atoms with E-state index in [1.807, 2.05) is 0 Å². The lowest BCUT2D eigenvalue weighted by Gasteiger charge is -2.16. The van der Waals surface area contributed by atoms with E-state index in [9.17, 15) is 0 Å². The molecule has 2 heteroatoms.